The molecule has 2 atom stereocenters. The zero-order valence-electron chi connectivity index (χ0n) is 16.4. The van der Waals surface area contributed by atoms with Crippen LogP contribution in [0.25, 0.3) is 0 Å². The molecule has 2 N–H and O–H groups in total. The number of aromatic nitrogens is 1. The Morgan fingerprint density at radius 2 is 2.07 bits per heavy atom. The Bertz CT molecular complexity index is 830. The van der Waals surface area contributed by atoms with Gasteiger partial charge in [-0.05, 0) is 42.2 Å². The fourth-order valence-electron chi connectivity index (χ4n) is 3.82. The number of nitrogens with zero attached hydrogens (tertiary/aromatic N) is 2. The molecule has 0 aliphatic carbocycles. The number of amides is 1. The third-order valence-corrected chi connectivity index (χ3v) is 5.38. The normalized spacial score (nSPS) is 21.6. The molecule has 2 aliphatic rings. The SMILES string of the molecule is O=C(CCc1cccnc1)N[C@@H]1CN(Cc2ccc3c(c2)OCCO3)CC[C@@H]1O. The molecular weight excluding hydrogens is 370 g/mol. The van der Waals surface area contributed by atoms with E-state index in [9.17, 15) is 9.90 Å². The minimum absolute atomic E-state index is 0.0425. The van der Waals surface area contributed by atoms with Crippen LogP contribution in [0.1, 0.15) is 24.0 Å². The van der Waals surface area contributed by atoms with Crippen LogP contribution in [-0.4, -0.2) is 59.3 Å². The highest BCUT2D eigenvalue weighted by Gasteiger charge is 2.29. The minimum Gasteiger partial charge on any atom is -0.486 e. The third-order valence-electron chi connectivity index (χ3n) is 5.38. The Balaban J connectivity index is 1.30. The molecule has 4 rings (SSSR count). The summed E-state index contributed by atoms with van der Waals surface area (Å²) in [6.45, 7) is 3.30. The van der Waals surface area contributed by atoms with Crippen LogP contribution in [0, 0.1) is 0 Å². The highest BCUT2D eigenvalue weighted by Crippen LogP contribution is 2.31. The molecule has 0 spiro atoms. The van der Waals surface area contributed by atoms with E-state index in [1.165, 1.54) is 0 Å². The molecule has 1 aromatic heterocycles. The van der Waals surface area contributed by atoms with Crippen LogP contribution in [0.5, 0.6) is 11.5 Å². The first kappa shape index (κ1) is 19.7. The number of aryl methyl sites for hydroxylation is 1. The largest absolute Gasteiger partial charge is 0.486 e. The number of carbonyl (C=O) groups is 1. The van der Waals surface area contributed by atoms with E-state index in [1.807, 2.05) is 30.3 Å². The van der Waals surface area contributed by atoms with Crippen LogP contribution in [0.2, 0.25) is 0 Å². The minimum atomic E-state index is -0.520. The van der Waals surface area contributed by atoms with E-state index in [1.54, 1.807) is 12.4 Å². The van der Waals surface area contributed by atoms with Gasteiger partial charge >= 0.3 is 0 Å². The van der Waals surface area contributed by atoms with Crippen LogP contribution in [0.4, 0.5) is 0 Å². The molecule has 2 aromatic rings. The second kappa shape index (κ2) is 9.24. The molecule has 1 saturated heterocycles. The van der Waals surface area contributed by atoms with Gasteiger partial charge in [0.1, 0.15) is 13.2 Å². The van der Waals surface area contributed by atoms with Crippen molar-refractivity contribution in [2.45, 2.75) is 38.0 Å². The number of hydrogen-bond donors (Lipinski definition) is 2. The number of benzene rings is 1. The number of piperidine rings is 1. The molecule has 154 valence electrons. The predicted octanol–water partition coefficient (Wildman–Crippen LogP) is 1.54. The summed E-state index contributed by atoms with van der Waals surface area (Å²) in [4.78, 5) is 18.7. The summed E-state index contributed by atoms with van der Waals surface area (Å²) < 4.78 is 11.2. The lowest BCUT2D eigenvalue weighted by atomic mass is 10.0. The molecule has 1 fully saturated rings. The van der Waals surface area contributed by atoms with Crippen molar-refractivity contribution in [2.75, 3.05) is 26.3 Å². The Morgan fingerprint density at radius 1 is 1.21 bits per heavy atom. The van der Waals surface area contributed by atoms with Gasteiger partial charge in [0.25, 0.3) is 0 Å². The van der Waals surface area contributed by atoms with Crippen molar-refractivity contribution >= 4 is 5.91 Å². The van der Waals surface area contributed by atoms with E-state index < -0.39 is 6.10 Å². The lowest BCUT2D eigenvalue weighted by molar-refractivity contribution is -0.123. The number of carbonyl (C=O) groups excluding carboxylic acids is 1. The number of pyridine rings is 1. The van der Waals surface area contributed by atoms with Gasteiger partial charge in [0, 0.05) is 38.4 Å². The highest BCUT2D eigenvalue weighted by atomic mass is 16.6. The summed E-state index contributed by atoms with van der Waals surface area (Å²) in [5.41, 5.74) is 2.17. The van der Waals surface area contributed by atoms with Gasteiger partial charge in [-0.25, -0.2) is 0 Å². The lowest BCUT2D eigenvalue weighted by Gasteiger charge is -2.36. The topological polar surface area (TPSA) is 83.9 Å². The molecule has 2 aliphatic heterocycles. The quantitative estimate of drug-likeness (QED) is 0.769. The maximum absolute atomic E-state index is 12.4. The van der Waals surface area contributed by atoms with Gasteiger partial charge in [0.15, 0.2) is 11.5 Å². The van der Waals surface area contributed by atoms with Crippen LogP contribution >= 0.6 is 0 Å². The van der Waals surface area contributed by atoms with Crippen molar-refractivity contribution < 1.29 is 19.4 Å². The molecule has 0 unspecified atom stereocenters. The van der Waals surface area contributed by atoms with Crippen molar-refractivity contribution in [3.63, 3.8) is 0 Å². The Kier molecular flexibility index (Phi) is 6.27. The van der Waals surface area contributed by atoms with Gasteiger partial charge in [-0.1, -0.05) is 12.1 Å². The van der Waals surface area contributed by atoms with Gasteiger partial charge < -0.3 is 19.9 Å². The summed E-state index contributed by atoms with van der Waals surface area (Å²) in [5, 5.41) is 13.4. The van der Waals surface area contributed by atoms with Crippen molar-refractivity contribution in [3.8, 4) is 11.5 Å². The van der Waals surface area contributed by atoms with E-state index in [0.29, 0.717) is 39.0 Å². The number of likely N-dealkylation sites (tertiary alicyclic amines) is 1. The fourth-order valence-corrected chi connectivity index (χ4v) is 3.82. The molecule has 29 heavy (non-hydrogen) atoms. The average molecular weight is 397 g/mol. The smallest absolute Gasteiger partial charge is 0.220 e. The van der Waals surface area contributed by atoms with Crippen molar-refractivity contribution in [3.05, 3.63) is 53.9 Å². The van der Waals surface area contributed by atoms with Crippen molar-refractivity contribution in [1.82, 2.24) is 15.2 Å². The summed E-state index contributed by atoms with van der Waals surface area (Å²) in [7, 11) is 0. The summed E-state index contributed by atoms with van der Waals surface area (Å²) in [6.07, 6.45) is 4.64. The molecule has 1 aromatic carbocycles. The van der Waals surface area contributed by atoms with Gasteiger partial charge in [0.2, 0.25) is 5.91 Å². The first-order valence-corrected chi connectivity index (χ1v) is 10.1. The molecule has 0 radical (unpaired) electrons. The van der Waals surface area contributed by atoms with Crippen LogP contribution in [-0.2, 0) is 17.8 Å². The number of hydrogen-bond acceptors (Lipinski definition) is 6. The van der Waals surface area contributed by atoms with Gasteiger partial charge in [0.05, 0.1) is 12.1 Å². The molecule has 7 heteroatoms. The van der Waals surface area contributed by atoms with E-state index >= 15 is 0 Å². The molecule has 0 bridgehead atoms. The first-order valence-electron chi connectivity index (χ1n) is 10.1. The molecule has 1 amide bonds. The van der Waals surface area contributed by atoms with Gasteiger partial charge in [-0.2, -0.15) is 0 Å². The highest BCUT2D eigenvalue weighted by molar-refractivity contribution is 5.76. The van der Waals surface area contributed by atoms with Crippen LogP contribution < -0.4 is 14.8 Å². The maximum Gasteiger partial charge on any atom is 0.220 e. The average Bonchev–Trinajstić information content (AvgIpc) is 2.75. The molecule has 0 saturated carbocycles. The second-order valence-electron chi connectivity index (χ2n) is 7.60. The lowest BCUT2D eigenvalue weighted by Crippen LogP contribution is -2.54. The summed E-state index contributed by atoms with van der Waals surface area (Å²) in [5.74, 6) is 1.53. The van der Waals surface area contributed by atoms with Crippen molar-refractivity contribution in [2.24, 2.45) is 0 Å². The molecule has 3 heterocycles. The number of ether oxygens (including phenoxy) is 2. The van der Waals surface area contributed by atoms with E-state index in [4.69, 9.17) is 9.47 Å². The van der Waals surface area contributed by atoms with Crippen LogP contribution in [0.15, 0.2) is 42.7 Å². The van der Waals surface area contributed by atoms with E-state index in [0.717, 1.165) is 35.7 Å². The first-order chi connectivity index (χ1) is 14.2. The monoisotopic (exact) mass is 397 g/mol. The van der Waals surface area contributed by atoms with Gasteiger partial charge in [-0.15, -0.1) is 0 Å². The molecule has 7 nitrogen and oxygen atoms in total. The summed E-state index contributed by atoms with van der Waals surface area (Å²) in [6, 6.07) is 9.57. The predicted molar refractivity (Wildman–Crippen MR) is 108 cm³/mol. The van der Waals surface area contributed by atoms with Crippen molar-refractivity contribution in [1.29, 1.82) is 0 Å². The van der Waals surface area contributed by atoms with E-state index in [2.05, 4.69) is 15.2 Å². The number of aliphatic hydroxyl groups is 1. The Morgan fingerprint density at radius 3 is 2.90 bits per heavy atom. The van der Waals surface area contributed by atoms with E-state index in [-0.39, 0.29) is 11.9 Å². The number of rotatable bonds is 6. The number of fused-ring (bicyclic) bond motifs is 1. The standard InChI is InChI=1S/C22H27N3O4/c26-19-7-9-25(14-17-3-5-20-21(12-17)29-11-10-28-20)15-18(19)24-22(27)6-4-16-2-1-8-23-13-16/h1-3,5,8,12-13,18-19,26H,4,6-7,9-11,14-15H2,(H,24,27)/t18-,19+/m1/s1. The Labute approximate surface area is 170 Å². The second-order valence-corrected chi connectivity index (χ2v) is 7.60. The Hall–Kier alpha value is -2.64. The zero-order valence-corrected chi connectivity index (χ0v) is 16.4. The van der Waals surface area contributed by atoms with Gasteiger partial charge in [-0.3, -0.25) is 14.7 Å². The van der Waals surface area contributed by atoms with Crippen LogP contribution in [0.3, 0.4) is 0 Å². The maximum atomic E-state index is 12.4. The summed E-state index contributed by atoms with van der Waals surface area (Å²) >= 11 is 0. The number of aliphatic hydroxyl groups excluding tert-OH is 1. The fraction of sp³-hybridized carbons (Fsp3) is 0.455. The zero-order chi connectivity index (χ0) is 20.1. The number of nitrogens with one attached hydrogen (secondary N) is 1. The third kappa shape index (κ3) is 5.25. The molecular formula is C22H27N3O4.